The zero-order chi connectivity index (χ0) is 12.2. The van der Waals surface area contributed by atoms with Crippen LogP contribution in [0.4, 0.5) is 10.2 Å². The van der Waals surface area contributed by atoms with Crippen molar-refractivity contribution in [3.8, 4) is 0 Å². The molecule has 3 aromatic rings. The van der Waals surface area contributed by atoms with Crippen LogP contribution in [0.3, 0.4) is 0 Å². The van der Waals surface area contributed by atoms with Gasteiger partial charge < -0.3 is 10.3 Å². The van der Waals surface area contributed by atoms with E-state index in [1.165, 1.54) is 12.1 Å². The lowest BCUT2D eigenvalue weighted by atomic mass is 10.1. The Balaban J connectivity index is 2.64. The summed E-state index contributed by atoms with van der Waals surface area (Å²) in [6, 6.07) is 6.58. The predicted octanol–water partition coefficient (Wildman–Crippen LogP) is 2.76. The van der Waals surface area contributed by atoms with E-state index >= 15 is 0 Å². The van der Waals surface area contributed by atoms with Crippen molar-refractivity contribution in [2.75, 3.05) is 5.73 Å². The number of benzene rings is 1. The van der Waals surface area contributed by atoms with Crippen LogP contribution in [0.15, 0.2) is 24.3 Å². The van der Waals surface area contributed by atoms with Gasteiger partial charge in [0.1, 0.15) is 11.6 Å². The number of aromatic nitrogens is 2. The molecule has 2 N–H and O–H groups in total. The smallest absolute Gasteiger partial charge is 0.124 e. The minimum atomic E-state index is -0.238. The number of nitrogens with zero attached hydrogens (tertiary/aromatic N) is 2. The second-order valence-corrected chi connectivity index (χ2v) is 4.25. The normalized spacial score (nSPS) is 11.5. The largest absolute Gasteiger partial charge is 0.384 e. The number of anilines is 1. The van der Waals surface area contributed by atoms with Crippen molar-refractivity contribution in [2.24, 2.45) is 7.05 Å². The number of pyridine rings is 1. The number of fused-ring (bicyclic) bond motifs is 3. The summed E-state index contributed by atoms with van der Waals surface area (Å²) in [5, 5.41) is 1.83. The van der Waals surface area contributed by atoms with Gasteiger partial charge in [-0.25, -0.2) is 9.37 Å². The minimum Gasteiger partial charge on any atom is -0.384 e. The van der Waals surface area contributed by atoms with Gasteiger partial charge in [0.2, 0.25) is 0 Å². The van der Waals surface area contributed by atoms with E-state index in [-0.39, 0.29) is 5.82 Å². The Kier molecular flexibility index (Phi) is 1.90. The van der Waals surface area contributed by atoms with Crippen molar-refractivity contribution >= 4 is 27.6 Å². The molecule has 0 saturated heterocycles. The van der Waals surface area contributed by atoms with Gasteiger partial charge in [-0.2, -0.15) is 0 Å². The predicted molar refractivity (Wildman–Crippen MR) is 67.3 cm³/mol. The molecule has 4 heteroatoms. The van der Waals surface area contributed by atoms with Crippen molar-refractivity contribution in [3.05, 3.63) is 35.8 Å². The molecule has 0 aliphatic rings. The van der Waals surface area contributed by atoms with Gasteiger partial charge in [-0.1, -0.05) is 0 Å². The van der Waals surface area contributed by atoms with Crippen molar-refractivity contribution in [3.63, 3.8) is 0 Å². The fourth-order valence-electron chi connectivity index (χ4n) is 2.46. The zero-order valence-electron chi connectivity index (χ0n) is 9.66. The van der Waals surface area contributed by atoms with Crippen LogP contribution in [0.2, 0.25) is 0 Å². The molecular formula is C13H12FN3. The monoisotopic (exact) mass is 229 g/mol. The number of hydrogen-bond acceptors (Lipinski definition) is 2. The van der Waals surface area contributed by atoms with Crippen molar-refractivity contribution in [1.29, 1.82) is 0 Å². The summed E-state index contributed by atoms with van der Waals surface area (Å²) in [5.41, 5.74) is 8.59. The highest BCUT2D eigenvalue weighted by Gasteiger charge is 2.12. The van der Waals surface area contributed by atoms with E-state index in [1.807, 2.05) is 18.5 Å². The summed E-state index contributed by atoms with van der Waals surface area (Å²) in [4.78, 5) is 4.24. The Morgan fingerprint density at radius 1 is 1.24 bits per heavy atom. The topological polar surface area (TPSA) is 43.8 Å². The van der Waals surface area contributed by atoms with Gasteiger partial charge in [0, 0.05) is 23.3 Å². The Hall–Kier alpha value is -2.10. The van der Waals surface area contributed by atoms with Crippen LogP contribution in [0.5, 0.6) is 0 Å². The van der Waals surface area contributed by atoms with Gasteiger partial charge in [0.15, 0.2) is 0 Å². The molecule has 0 aliphatic carbocycles. The fourth-order valence-corrected chi connectivity index (χ4v) is 2.46. The van der Waals surface area contributed by atoms with Crippen LogP contribution in [0.1, 0.15) is 5.69 Å². The number of nitrogen functional groups attached to an aromatic ring is 1. The van der Waals surface area contributed by atoms with E-state index in [0.29, 0.717) is 5.82 Å². The highest BCUT2D eigenvalue weighted by Crippen LogP contribution is 2.30. The van der Waals surface area contributed by atoms with Gasteiger partial charge in [-0.05, 0) is 31.2 Å². The van der Waals surface area contributed by atoms with Crippen LogP contribution in [0.25, 0.3) is 21.8 Å². The van der Waals surface area contributed by atoms with E-state index < -0.39 is 0 Å². The molecule has 0 bridgehead atoms. The third-order valence-corrected chi connectivity index (χ3v) is 3.13. The Bertz CT molecular complexity index is 743. The van der Waals surface area contributed by atoms with E-state index in [4.69, 9.17) is 5.73 Å². The minimum absolute atomic E-state index is 0.238. The fraction of sp³-hybridized carbons (Fsp3) is 0.154. The van der Waals surface area contributed by atoms with Crippen LogP contribution in [0, 0.1) is 12.7 Å². The van der Waals surface area contributed by atoms with Crippen molar-refractivity contribution in [2.45, 2.75) is 6.92 Å². The lowest BCUT2D eigenvalue weighted by Crippen LogP contribution is -1.95. The first-order chi connectivity index (χ1) is 8.08. The highest BCUT2D eigenvalue weighted by atomic mass is 19.1. The van der Waals surface area contributed by atoms with E-state index in [2.05, 4.69) is 4.98 Å². The Morgan fingerprint density at radius 2 is 2.00 bits per heavy atom. The molecule has 0 fully saturated rings. The van der Waals surface area contributed by atoms with Crippen LogP contribution in [-0.4, -0.2) is 9.55 Å². The number of aryl methyl sites for hydroxylation is 2. The van der Waals surface area contributed by atoms with Crippen molar-refractivity contribution < 1.29 is 4.39 Å². The van der Waals surface area contributed by atoms with Gasteiger partial charge in [0.05, 0.1) is 11.2 Å². The SMILES string of the molecule is Cc1nc(N)cc2c3cc(F)ccc3n(C)c12. The number of halogens is 1. The molecule has 3 nitrogen and oxygen atoms in total. The molecule has 2 heterocycles. The maximum absolute atomic E-state index is 13.3. The quantitative estimate of drug-likeness (QED) is 0.644. The standard InChI is InChI=1S/C13H12FN3/c1-7-13-10(6-12(15)16-7)9-5-8(14)3-4-11(9)17(13)2/h3-6H,1-2H3,(H2,15,16). The van der Waals surface area contributed by atoms with Crippen molar-refractivity contribution in [1.82, 2.24) is 9.55 Å². The maximum atomic E-state index is 13.3. The number of hydrogen-bond donors (Lipinski definition) is 1. The lowest BCUT2D eigenvalue weighted by Gasteiger charge is -2.01. The molecule has 0 saturated carbocycles. The summed E-state index contributed by atoms with van der Waals surface area (Å²) >= 11 is 0. The molecule has 17 heavy (non-hydrogen) atoms. The van der Waals surface area contributed by atoms with Gasteiger partial charge in [-0.15, -0.1) is 0 Å². The molecule has 86 valence electrons. The van der Waals surface area contributed by atoms with Crippen LogP contribution < -0.4 is 5.73 Å². The molecule has 0 atom stereocenters. The average molecular weight is 229 g/mol. The third-order valence-electron chi connectivity index (χ3n) is 3.13. The van der Waals surface area contributed by atoms with Gasteiger partial charge in [-0.3, -0.25) is 0 Å². The van der Waals surface area contributed by atoms with Crippen LogP contribution in [-0.2, 0) is 7.05 Å². The molecule has 3 rings (SSSR count). The van der Waals surface area contributed by atoms with E-state index in [9.17, 15) is 4.39 Å². The molecule has 0 amide bonds. The number of rotatable bonds is 0. The Morgan fingerprint density at radius 3 is 2.76 bits per heavy atom. The molecule has 0 radical (unpaired) electrons. The summed E-state index contributed by atoms with van der Waals surface area (Å²) in [5.74, 6) is 0.227. The first kappa shape index (κ1) is 10.1. The molecule has 1 aromatic carbocycles. The summed E-state index contributed by atoms with van der Waals surface area (Å²) in [7, 11) is 1.95. The first-order valence-electron chi connectivity index (χ1n) is 5.38. The zero-order valence-corrected chi connectivity index (χ0v) is 9.66. The first-order valence-corrected chi connectivity index (χ1v) is 5.38. The number of nitrogens with two attached hydrogens (primary N) is 1. The highest BCUT2D eigenvalue weighted by molar-refractivity contribution is 6.09. The van der Waals surface area contributed by atoms with Gasteiger partial charge >= 0.3 is 0 Å². The van der Waals surface area contributed by atoms with E-state index in [1.54, 1.807) is 12.1 Å². The second kappa shape index (κ2) is 3.20. The molecule has 0 unspecified atom stereocenters. The lowest BCUT2D eigenvalue weighted by molar-refractivity contribution is 0.629. The Labute approximate surface area is 97.7 Å². The van der Waals surface area contributed by atoms with E-state index in [0.717, 1.165) is 27.5 Å². The molecule has 0 spiro atoms. The van der Waals surface area contributed by atoms with Gasteiger partial charge in [0.25, 0.3) is 0 Å². The summed E-state index contributed by atoms with van der Waals surface area (Å²) in [6.07, 6.45) is 0. The summed E-state index contributed by atoms with van der Waals surface area (Å²) < 4.78 is 15.3. The molecule has 2 aromatic heterocycles. The second-order valence-electron chi connectivity index (χ2n) is 4.25. The molecular weight excluding hydrogens is 217 g/mol. The summed E-state index contributed by atoms with van der Waals surface area (Å²) in [6.45, 7) is 1.91. The third kappa shape index (κ3) is 1.30. The molecule has 0 aliphatic heterocycles. The maximum Gasteiger partial charge on any atom is 0.124 e. The average Bonchev–Trinajstić information content (AvgIpc) is 2.52. The van der Waals surface area contributed by atoms with Crippen LogP contribution >= 0.6 is 0 Å².